The predicted octanol–water partition coefficient (Wildman–Crippen LogP) is 7.18. The zero-order valence-corrected chi connectivity index (χ0v) is 27.6. The Hall–Kier alpha value is -2.78. The highest BCUT2D eigenvalue weighted by Gasteiger charge is 2.35. The van der Waals surface area contributed by atoms with Crippen LogP contribution in [0.2, 0.25) is 15.1 Å². The van der Waals surface area contributed by atoms with Crippen LogP contribution in [-0.2, 0) is 26.2 Å². The summed E-state index contributed by atoms with van der Waals surface area (Å²) in [6, 6.07) is 15.3. The van der Waals surface area contributed by atoms with Gasteiger partial charge in [-0.15, -0.1) is 0 Å². The number of carbonyl (C=O) groups is 2. The van der Waals surface area contributed by atoms with E-state index in [1.807, 2.05) is 27.7 Å². The molecule has 0 heterocycles. The van der Waals surface area contributed by atoms with Gasteiger partial charge in [0.25, 0.3) is 10.0 Å². The molecular weight excluding hydrogens is 617 g/mol. The molecule has 0 bridgehead atoms. The molecule has 42 heavy (non-hydrogen) atoms. The Bertz CT molecular complexity index is 1550. The van der Waals surface area contributed by atoms with Crippen molar-refractivity contribution in [3.63, 3.8) is 0 Å². The first kappa shape index (κ1) is 33.7. The van der Waals surface area contributed by atoms with E-state index in [-0.39, 0.29) is 17.3 Å². The highest BCUT2D eigenvalue weighted by molar-refractivity contribution is 7.92. The maximum absolute atomic E-state index is 14.2. The summed E-state index contributed by atoms with van der Waals surface area (Å²) in [5.74, 6) is -0.920. The van der Waals surface area contributed by atoms with Gasteiger partial charge in [-0.25, -0.2) is 8.42 Å². The minimum absolute atomic E-state index is 0.00378. The molecule has 0 spiro atoms. The molecule has 11 heteroatoms. The predicted molar refractivity (Wildman–Crippen MR) is 171 cm³/mol. The Morgan fingerprint density at radius 1 is 0.905 bits per heavy atom. The number of halogens is 3. The number of hydrogen-bond donors (Lipinski definition) is 1. The number of amides is 2. The van der Waals surface area contributed by atoms with Crippen LogP contribution < -0.4 is 9.62 Å². The molecule has 0 radical (unpaired) electrons. The summed E-state index contributed by atoms with van der Waals surface area (Å²) in [5, 5.41) is 4.03. The minimum Gasteiger partial charge on any atom is -0.350 e. The molecule has 0 aliphatic heterocycles. The molecule has 2 amide bonds. The fraction of sp³-hybridized carbons (Fsp3) is 0.355. The van der Waals surface area contributed by atoms with E-state index in [4.69, 9.17) is 34.8 Å². The van der Waals surface area contributed by atoms with Crippen LogP contribution >= 0.6 is 34.8 Å². The first-order valence-corrected chi connectivity index (χ1v) is 16.0. The summed E-state index contributed by atoms with van der Waals surface area (Å²) in [4.78, 5) is 29.1. The number of anilines is 1. The molecule has 3 rings (SSSR count). The number of nitrogens with one attached hydrogen (secondary N) is 1. The Kier molecular flexibility index (Phi) is 11.0. The van der Waals surface area contributed by atoms with Crippen molar-refractivity contribution >= 4 is 62.3 Å². The van der Waals surface area contributed by atoms with Crippen molar-refractivity contribution in [3.8, 4) is 0 Å². The monoisotopic (exact) mass is 651 g/mol. The van der Waals surface area contributed by atoms with E-state index in [2.05, 4.69) is 5.32 Å². The van der Waals surface area contributed by atoms with E-state index in [0.717, 1.165) is 9.87 Å². The van der Waals surface area contributed by atoms with E-state index in [1.54, 1.807) is 62.4 Å². The largest absolute Gasteiger partial charge is 0.350 e. The minimum atomic E-state index is -4.20. The number of hydrogen-bond acceptors (Lipinski definition) is 4. The summed E-state index contributed by atoms with van der Waals surface area (Å²) < 4.78 is 29.2. The lowest BCUT2D eigenvalue weighted by Crippen LogP contribution is -2.55. The lowest BCUT2D eigenvalue weighted by molar-refractivity contribution is -0.141. The molecule has 3 aromatic carbocycles. The third-order valence-corrected chi connectivity index (χ3v) is 9.28. The van der Waals surface area contributed by atoms with E-state index in [9.17, 15) is 18.0 Å². The zero-order valence-electron chi connectivity index (χ0n) is 24.5. The maximum Gasteiger partial charge on any atom is 0.264 e. The van der Waals surface area contributed by atoms with Gasteiger partial charge in [0.05, 0.1) is 20.6 Å². The van der Waals surface area contributed by atoms with Gasteiger partial charge in [-0.2, -0.15) is 0 Å². The van der Waals surface area contributed by atoms with Gasteiger partial charge < -0.3 is 10.2 Å². The van der Waals surface area contributed by atoms with E-state index < -0.39 is 34.1 Å². The topological polar surface area (TPSA) is 86.8 Å². The Balaban J connectivity index is 2.12. The average molecular weight is 653 g/mol. The van der Waals surface area contributed by atoms with Crippen molar-refractivity contribution in [1.82, 2.24) is 10.2 Å². The molecule has 0 saturated carbocycles. The van der Waals surface area contributed by atoms with Crippen LogP contribution in [0.4, 0.5) is 5.69 Å². The van der Waals surface area contributed by atoms with Crippen molar-refractivity contribution in [3.05, 3.63) is 92.4 Å². The van der Waals surface area contributed by atoms with Crippen LogP contribution in [0.15, 0.2) is 65.6 Å². The molecule has 1 N–H and O–H groups in total. The van der Waals surface area contributed by atoms with Gasteiger partial charge in [-0.1, -0.05) is 65.5 Å². The second-order valence-corrected chi connectivity index (χ2v) is 14.3. The number of aryl methyl sites for hydroxylation is 2. The van der Waals surface area contributed by atoms with Gasteiger partial charge >= 0.3 is 0 Å². The SMILES string of the molecule is CC[C@@H](C(=O)NC(C)(C)C)N(Cc1ccc(Cl)c(Cl)c1)C(=O)CN(c1ccc(Cl)cc1C)S(=O)(=O)c1ccc(C)cc1. The van der Waals surface area contributed by atoms with Gasteiger partial charge in [-0.05, 0) is 94.6 Å². The summed E-state index contributed by atoms with van der Waals surface area (Å²) in [5.41, 5.74) is 1.84. The highest BCUT2D eigenvalue weighted by Crippen LogP contribution is 2.30. The van der Waals surface area contributed by atoms with E-state index in [0.29, 0.717) is 38.3 Å². The van der Waals surface area contributed by atoms with Crippen LogP contribution in [-0.4, -0.2) is 43.3 Å². The van der Waals surface area contributed by atoms with Crippen molar-refractivity contribution < 1.29 is 18.0 Å². The molecule has 1 atom stereocenters. The quantitative estimate of drug-likeness (QED) is 0.251. The number of nitrogens with zero attached hydrogens (tertiary/aromatic N) is 2. The summed E-state index contributed by atoms with van der Waals surface area (Å²) in [7, 11) is -4.20. The van der Waals surface area contributed by atoms with Crippen molar-refractivity contribution in [2.45, 2.75) is 71.0 Å². The van der Waals surface area contributed by atoms with Crippen LogP contribution in [0.5, 0.6) is 0 Å². The first-order chi connectivity index (χ1) is 19.5. The molecule has 0 aromatic heterocycles. The summed E-state index contributed by atoms with van der Waals surface area (Å²) in [6.45, 7) is 10.4. The maximum atomic E-state index is 14.2. The first-order valence-electron chi connectivity index (χ1n) is 13.4. The number of sulfonamides is 1. The smallest absolute Gasteiger partial charge is 0.264 e. The molecule has 0 fully saturated rings. The summed E-state index contributed by atoms with van der Waals surface area (Å²) >= 11 is 18.6. The number of benzene rings is 3. The van der Waals surface area contributed by atoms with Gasteiger partial charge in [0.2, 0.25) is 11.8 Å². The Morgan fingerprint density at radius 3 is 2.10 bits per heavy atom. The molecule has 0 saturated heterocycles. The normalized spacial score (nSPS) is 12.5. The molecule has 0 unspecified atom stereocenters. The van der Waals surface area contributed by atoms with Crippen molar-refractivity contribution in [2.24, 2.45) is 0 Å². The van der Waals surface area contributed by atoms with Gasteiger partial charge in [-0.3, -0.25) is 13.9 Å². The van der Waals surface area contributed by atoms with Gasteiger partial charge in [0.15, 0.2) is 0 Å². The second-order valence-electron chi connectivity index (χ2n) is 11.2. The molecular formula is C31H36Cl3N3O4S. The van der Waals surface area contributed by atoms with Crippen LogP contribution in [0.25, 0.3) is 0 Å². The van der Waals surface area contributed by atoms with Crippen molar-refractivity contribution in [2.75, 3.05) is 10.8 Å². The fourth-order valence-corrected chi connectivity index (χ4v) is 6.48. The number of carbonyl (C=O) groups excluding carboxylic acids is 2. The van der Waals surface area contributed by atoms with Crippen LogP contribution in [0.3, 0.4) is 0 Å². The lowest BCUT2D eigenvalue weighted by atomic mass is 10.1. The second kappa shape index (κ2) is 13.7. The van der Waals surface area contributed by atoms with Gasteiger partial charge in [0.1, 0.15) is 12.6 Å². The third-order valence-electron chi connectivity index (χ3n) is 6.54. The molecule has 7 nitrogen and oxygen atoms in total. The highest BCUT2D eigenvalue weighted by atomic mass is 35.5. The Morgan fingerprint density at radius 2 is 1.55 bits per heavy atom. The molecule has 0 aliphatic rings. The third kappa shape index (κ3) is 8.40. The van der Waals surface area contributed by atoms with Gasteiger partial charge in [0, 0.05) is 17.1 Å². The summed E-state index contributed by atoms with van der Waals surface area (Å²) in [6.07, 6.45) is 0.291. The lowest BCUT2D eigenvalue weighted by Gasteiger charge is -2.35. The average Bonchev–Trinajstić information content (AvgIpc) is 2.88. The molecule has 0 aliphatic carbocycles. The van der Waals surface area contributed by atoms with Crippen LogP contribution in [0.1, 0.15) is 50.8 Å². The fourth-order valence-electron chi connectivity index (χ4n) is 4.46. The molecule has 226 valence electrons. The number of rotatable bonds is 10. The van der Waals surface area contributed by atoms with E-state index >= 15 is 0 Å². The van der Waals surface area contributed by atoms with E-state index in [1.165, 1.54) is 17.0 Å². The zero-order chi connectivity index (χ0) is 31.4. The molecule has 3 aromatic rings. The Labute approximate surface area is 263 Å². The standard InChI is InChI=1S/C31H36Cl3N3O4S/c1-7-27(30(39)35-31(4,5)6)36(18-22-10-14-25(33)26(34)17-22)29(38)19-37(28-15-11-23(32)16-21(28)3)42(40,41)24-12-8-20(2)9-13-24/h8-17,27H,7,18-19H2,1-6H3,(H,35,39)/t27-/m0/s1. The van der Waals surface area contributed by atoms with Crippen molar-refractivity contribution in [1.29, 1.82) is 0 Å². The van der Waals surface area contributed by atoms with Crippen LogP contribution in [0, 0.1) is 13.8 Å².